The topological polar surface area (TPSA) is 6.48 Å². The number of benzene rings is 13. The van der Waals surface area contributed by atoms with Gasteiger partial charge in [0, 0.05) is 34.1 Å². The van der Waals surface area contributed by atoms with Gasteiger partial charge in [-0.15, -0.1) is 0 Å². The van der Waals surface area contributed by atoms with Crippen LogP contribution in [0.3, 0.4) is 0 Å². The van der Waals surface area contributed by atoms with Crippen LogP contribution in [0.25, 0.3) is 50.6 Å². The molecule has 2 heteroatoms. The summed E-state index contributed by atoms with van der Waals surface area (Å²) < 4.78 is 0. The van der Waals surface area contributed by atoms with E-state index in [0.29, 0.717) is 0 Å². The molecule has 2 aliphatic carbocycles. The average molecular weight is 1110 g/mol. The van der Waals surface area contributed by atoms with Crippen molar-refractivity contribution < 1.29 is 0 Å². The van der Waals surface area contributed by atoms with E-state index in [1.54, 1.807) is 0 Å². The van der Waals surface area contributed by atoms with Crippen molar-refractivity contribution in [3.8, 4) is 44.5 Å². The Hall–Kier alpha value is -10.8. The first-order valence-corrected chi connectivity index (χ1v) is 30.2. The van der Waals surface area contributed by atoms with Crippen LogP contribution in [0.5, 0.6) is 0 Å². The molecular formula is C85H64N2. The third-order valence-electron chi connectivity index (χ3n) is 18.4. The molecule has 0 bridgehead atoms. The molecule has 0 radical (unpaired) electrons. The van der Waals surface area contributed by atoms with E-state index in [1.807, 2.05) is 6.08 Å². The summed E-state index contributed by atoms with van der Waals surface area (Å²) in [4.78, 5) is 4.80. The highest BCUT2D eigenvalue weighted by Crippen LogP contribution is 2.59. The lowest BCUT2D eigenvalue weighted by Gasteiger charge is -2.35. The second kappa shape index (κ2) is 21.7. The number of anilines is 6. The van der Waals surface area contributed by atoms with E-state index in [2.05, 4.69) is 353 Å². The van der Waals surface area contributed by atoms with Gasteiger partial charge in [-0.05, 0) is 188 Å². The number of aryl methyl sites for hydroxylation is 3. The highest BCUT2D eigenvalue weighted by Gasteiger charge is 2.48. The first-order chi connectivity index (χ1) is 42.8. The zero-order chi connectivity index (χ0) is 58.6. The maximum Gasteiger partial charge on any atom is 0.0714 e. The van der Waals surface area contributed by atoms with Crippen molar-refractivity contribution in [2.24, 2.45) is 0 Å². The van der Waals surface area contributed by atoms with Gasteiger partial charge in [0.05, 0.1) is 10.8 Å². The molecular weight excluding hydrogens is 1050 g/mol. The largest absolute Gasteiger partial charge is 0.310 e. The van der Waals surface area contributed by atoms with Gasteiger partial charge in [-0.3, -0.25) is 0 Å². The van der Waals surface area contributed by atoms with Gasteiger partial charge >= 0.3 is 0 Å². The Labute approximate surface area is 511 Å². The Balaban J connectivity index is 0.755. The smallest absolute Gasteiger partial charge is 0.0714 e. The van der Waals surface area contributed by atoms with Gasteiger partial charge in [-0.25, -0.2) is 0 Å². The molecule has 0 aliphatic heterocycles. The minimum absolute atomic E-state index is 0.514. The van der Waals surface area contributed by atoms with Gasteiger partial charge in [0.2, 0.25) is 0 Å². The molecule has 15 rings (SSSR count). The van der Waals surface area contributed by atoms with Crippen LogP contribution < -0.4 is 9.80 Å². The summed E-state index contributed by atoms with van der Waals surface area (Å²) in [5, 5.41) is 0. The van der Waals surface area contributed by atoms with E-state index in [9.17, 15) is 0 Å². The maximum absolute atomic E-state index is 4.08. The van der Waals surface area contributed by atoms with Gasteiger partial charge in [-0.2, -0.15) is 0 Å². The molecule has 0 N–H and O–H groups in total. The molecule has 13 aromatic carbocycles. The molecule has 87 heavy (non-hydrogen) atoms. The fourth-order valence-electron chi connectivity index (χ4n) is 14.2. The van der Waals surface area contributed by atoms with Crippen LogP contribution in [0.1, 0.15) is 66.8 Å². The molecule has 0 saturated carbocycles. The van der Waals surface area contributed by atoms with Gasteiger partial charge < -0.3 is 9.80 Å². The van der Waals surface area contributed by atoms with E-state index >= 15 is 0 Å². The highest BCUT2D eigenvalue weighted by atomic mass is 15.1. The Morgan fingerprint density at radius 1 is 0.253 bits per heavy atom. The molecule has 0 aromatic heterocycles. The summed E-state index contributed by atoms with van der Waals surface area (Å²) in [7, 11) is 0. The lowest BCUT2D eigenvalue weighted by Crippen LogP contribution is -2.28. The van der Waals surface area contributed by atoms with Crippen molar-refractivity contribution in [1.29, 1.82) is 0 Å². The third-order valence-corrected chi connectivity index (χ3v) is 18.4. The summed E-state index contributed by atoms with van der Waals surface area (Å²) in [5.74, 6) is 0. The van der Waals surface area contributed by atoms with Crippen molar-refractivity contribution in [3.63, 3.8) is 0 Å². The summed E-state index contributed by atoms with van der Waals surface area (Å²) in [6, 6.07) is 117. The molecule has 2 aliphatic rings. The van der Waals surface area contributed by atoms with Crippen molar-refractivity contribution in [2.45, 2.75) is 31.6 Å². The average Bonchev–Trinajstić information content (AvgIpc) is 3.18. The molecule has 2 nitrogen and oxygen atoms in total. The number of rotatable bonds is 13. The lowest BCUT2D eigenvalue weighted by atomic mass is 9.67. The van der Waals surface area contributed by atoms with Crippen LogP contribution in [0.2, 0.25) is 0 Å². The number of hydrogen-bond donors (Lipinski definition) is 0. The quantitative estimate of drug-likeness (QED) is 0.114. The molecule has 414 valence electrons. The van der Waals surface area contributed by atoms with Crippen molar-refractivity contribution in [1.82, 2.24) is 0 Å². The highest BCUT2D eigenvalue weighted by molar-refractivity contribution is 5.92. The van der Waals surface area contributed by atoms with Crippen molar-refractivity contribution in [2.75, 3.05) is 9.80 Å². The minimum atomic E-state index is -0.547. The molecule has 13 aromatic rings. The van der Waals surface area contributed by atoms with E-state index in [0.717, 1.165) is 61.9 Å². The maximum atomic E-state index is 4.08. The predicted molar refractivity (Wildman–Crippen MR) is 366 cm³/mol. The van der Waals surface area contributed by atoms with Gasteiger partial charge in [0.15, 0.2) is 0 Å². The van der Waals surface area contributed by atoms with Crippen LogP contribution in [0, 0.1) is 20.8 Å². The minimum Gasteiger partial charge on any atom is -0.310 e. The molecule has 0 heterocycles. The Kier molecular flexibility index (Phi) is 13.2. The van der Waals surface area contributed by atoms with Crippen molar-refractivity contribution >= 4 is 40.2 Å². The Morgan fingerprint density at radius 2 is 0.529 bits per heavy atom. The Morgan fingerprint density at radius 3 is 0.874 bits per heavy atom. The van der Waals surface area contributed by atoms with Crippen LogP contribution in [-0.4, -0.2) is 0 Å². The van der Waals surface area contributed by atoms with Crippen molar-refractivity contribution in [3.05, 3.63) is 389 Å². The molecule has 0 spiro atoms. The lowest BCUT2D eigenvalue weighted by molar-refractivity contribution is 0.767. The normalized spacial score (nSPS) is 14.1. The zero-order valence-corrected chi connectivity index (χ0v) is 49.2. The molecule has 0 amide bonds. The number of hydrogen-bond acceptors (Lipinski definition) is 2. The molecule has 0 fully saturated rings. The SMILES string of the molecule is C=Cc1ccc(C2(c3ccc(C)cc3)c3ccccc3-c3ccc(N(c4ccccc4)c4ccc(-c5ccc(-c6ccc(N(c7ccccc7)c7ccc8c(c7)C(c7ccc(C)cc7)(c7ccc(C)cc7)c7ccccc7-8)cc6)cc5)cc4)cc32)cc1. The number of fused-ring (bicyclic) bond motifs is 6. The van der Waals surface area contributed by atoms with E-state index in [-0.39, 0.29) is 0 Å². The van der Waals surface area contributed by atoms with E-state index < -0.39 is 10.8 Å². The Bertz CT molecular complexity index is 4620. The molecule has 1 unspecified atom stereocenters. The summed E-state index contributed by atoms with van der Waals surface area (Å²) >= 11 is 0. The first kappa shape index (κ1) is 53.0. The molecule has 1 atom stereocenters. The van der Waals surface area contributed by atoms with Crippen LogP contribution >= 0.6 is 0 Å². The monoisotopic (exact) mass is 1110 g/mol. The number of nitrogens with zero attached hydrogens (tertiary/aromatic N) is 2. The third kappa shape index (κ3) is 8.86. The summed E-state index contributed by atoms with van der Waals surface area (Å²) in [5.41, 5.74) is 30.2. The van der Waals surface area contributed by atoms with E-state index in [4.69, 9.17) is 0 Å². The number of para-hydroxylation sites is 2. The standard InChI is InChI=1S/C85H64N2/c1-5-61-30-46-69(47-31-61)85(68-44-28-60(4)29-45-68)81-23-15-13-21-77(81)79-55-53-75(57-83(79)85)87(71-18-10-7-11-19-71)73-50-38-65(39-51-73)63-34-32-62(33-35-63)64-36-48-72(49-37-64)86(70-16-8-6-9-17-70)74-52-54-78-76-20-12-14-22-80(76)84(82(78)56-74,66-40-24-58(2)25-41-66)67-42-26-59(3)27-43-67/h5-57H,1H2,2-4H3. The van der Waals surface area contributed by atoms with Gasteiger partial charge in [-0.1, -0.05) is 272 Å². The van der Waals surface area contributed by atoms with Gasteiger partial charge in [0.1, 0.15) is 0 Å². The second-order valence-electron chi connectivity index (χ2n) is 23.5. The zero-order valence-electron chi connectivity index (χ0n) is 49.2. The fraction of sp³-hybridized carbons (Fsp3) is 0.0588. The van der Waals surface area contributed by atoms with Crippen LogP contribution in [0.15, 0.2) is 322 Å². The summed E-state index contributed by atoms with van der Waals surface area (Å²) in [6.07, 6.45) is 1.92. The van der Waals surface area contributed by atoms with Gasteiger partial charge in [0.25, 0.3) is 0 Å². The predicted octanol–water partition coefficient (Wildman–Crippen LogP) is 22.3. The first-order valence-electron chi connectivity index (χ1n) is 30.2. The van der Waals surface area contributed by atoms with Crippen LogP contribution in [0.4, 0.5) is 34.1 Å². The molecule has 0 saturated heterocycles. The summed E-state index contributed by atoms with van der Waals surface area (Å²) in [6.45, 7) is 10.6. The van der Waals surface area contributed by atoms with E-state index in [1.165, 1.54) is 83.5 Å². The van der Waals surface area contributed by atoms with Crippen LogP contribution in [-0.2, 0) is 10.8 Å². The second-order valence-corrected chi connectivity index (χ2v) is 23.5. The fourth-order valence-corrected chi connectivity index (χ4v) is 14.2.